The molecule has 4 nitrogen and oxygen atoms in total. The summed E-state index contributed by atoms with van der Waals surface area (Å²) in [5.74, 6) is 5.14. The third-order valence-corrected chi connectivity index (χ3v) is 6.20. The zero-order valence-electron chi connectivity index (χ0n) is 12.5. The zero-order valence-corrected chi connectivity index (χ0v) is 12.5. The maximum absolute atomic E-state index is 6.70. The summed E-state index contributed by atoms with van der Waals surface area (Å²) in [5, 5.41) is 4.33. The predicted octanol–water partition coefficient (Wildman–Crippen LogP) is 2.50. The number of hydrogen-bond donors (Lipinski definition) is 1. The standard InChI is InChI=1S/C16H25N3O/c1-19-16(13(20-2)8-18-19)15(17)14-11-4-9-3-10(6-11)7-12(14)5-9/h8-12,14-15H,3-7,17H2,1-2H3. The fraction of sp³-hybridized carbons (Fsp3) is 0.812. The van der Waals surface area contributed by atoms with E-state index in [1.54, 1.807) is 13.3 Å². The van der Waals surface area contributed by atoms with Gasteiger partial charge in [-0.05, 0) is 61.7 Å². The second-order valence-electron chi connectivity index (χ2n) is 7.26. The molecule has 1 heterocycles. The highest BCUT2D eigenvalue weighted by molar-refractivity contribution is 5.29. The number of rotatable bonds is 3. The van der Waals surface area contributed by atoms with Crippen LogP contribution in [0.2, 0.25) is 0 Å². The summed E-state index contributed by atoms with van der Waals surface area (Å²) in [7, 11) is 3.69. The summed E-state index contributed by atoms with van der Waals surface area (Å²) in [5.41, 5.74) is 7.79. The first kappa shape index (κ1) is 12.7. The molecule has 0 aromatic carbocycles. The first-order valence-electron chi connectivity index (χ1n) is 7.98. The van der Waals surface area contributed by atoms with Crippen LogP contribution in [0.5, 0.6) is 5.75 Å². The van der Waals surface area contributed by atoms with Gasteiger partial charge in [-0.3, -0.25) is 4.68 Å². The van der Waals surface area contributed by atoms with Gasteiger partial charge < -0.3 is 10.5 Å². The minimum Gasteiger partial charge on any atom is -0.493 e. The van der Waals surface area contributed by atoms with Gasteiger partial charge in [0.1, 0.15) is 0 Å². The topological polar surface area (TPSA) is 53.1 Å². The SMILES string of the molecule is COc1cnn(C)c1C(N)C1C2CC3CC(C2)CC1C3. The molecule has 4 heteroatoms. The van der Waals surface area contributed by atoms with E-state index in [1.165, 1.54) is 32.1 Å². The second-order valence-corrected chi connectivity index (χ2v) is 7.26. The lowest BCUT2D eigenvalue weighted by atomic mass is 9.50. The van der Waals surface area contributed by atoms with E-state index >= 15 is 0 Å². The molecule has 4 aliphatic rings. The molecular formula is C16H25N3O. The Hall–Kier alpha value is -1.03. The van der Waals surface area contributed by atoms with Crippen LogP contribution in [0.3, 0.4) is 0 Å². The highest BCUT2D eigenvalue weighted by atomic mass is 16.5. The maximum Gasteiger partial charge on any atom is 0.161 e. The Kier molecular flexibility index (Phi) is 2.85. The quantitative estimate of drug-likeness (QED) is 0.922. The third-order valence-electron chi connectivity index (χ3n) is 6.20. The van der Waals surface area contributed by atoms with Gasteiger partial charge in [0.15, 0.2) is 5.75 Å². The molecule has 0 aliphatic heterocycles. The Morgan fingerprint density at radius 3 is 2.35 bits per heavy atom. The van der Waals surface area contributed by atoms with E-state index in [4.69, 9.17) is 10.5 Å². The number of hydrogen-bond acceptors (Lipinski definition) is 3. The van der Waals surface area contributed by atoms with E-state index in [1.807, 2.05) is 11.7 Å². The molecule has 4 aliphatic carbocycles. The van der Waals surface area contributed by atoms with Crippen LogP contribution in [0.1, 0.15) is 43.8 Å². The summed E-state index contributed by atoms with van der Waals surface area (Å²) in [6.45, 7) is 0. The lowest BCUT2D eigenvalue weighted by molar-refractivity contribution is -0.0483. The van der Waals surface area contributed by atoms with Crippen LogP contribution in [0.25, 0.3) is 0 Å². The molecule has 1 aromatic heterocycles. The summed E-state index contributed by atoms with van der Waals surface area (Å²) < 4.78 is 7.38. The van der Waals surface area contributed by atoms with E-state index in [0.717, 1.165) is 35.1 Å². The van der Waals surface area contributed by atoms with Crippen LogP contribution in [-0.2, 0) is 7.05 Å². The molecule has 4 bridgehead atoms. The molecule has 110 valence electrons. The fourth-order valence-electron chi connectivity index (χ4n) is 5.70. The first-order valence-corrected chi connectivity index (χ1v) is 7.98. The normalized spacial score (nSPS) is 40.0. The monoisotopic (exact) mass is 275 g/mol. The molecule has 0 radical (unpaired) electrons. The average molecular weight is 275 g/mol. The molecule has 0 amide bonds. The Labute approximate surface area is 120 Å². The molecule has 1 unspecified atom stereocenters. The van der Waals surface area contributed by atoms with Crippen molar-refractivity contribution in [3.8, 4) is 5.75 Å². The van der Waals surface area contributed by atoms with Crippen molar-refractivity contribution in [3.05, 3.63) is 11.9 Å². The zero-order chi connectivity index (χ0) is 13.9. The minimum absolute atomic E-state index is 0.0763. The Bertz CT molecular complexity index is 482. The molecule has 2 N–H and O–H groups in total. The van der Waals surface area contributed by atoms with Gasteiger partial charge in [0.05, 0.1) is 25.0 Å². The molecule has 0 spiro atoms. The average Bonchev–Trinajstić information content (AvgIpc) is 2.78. The van der Waals surface area contributed by atoms with Gasteiger partial charge in [-0.1, -0.05) is 0 Å². The van der Waals surface area contributed by atoms with Crippen molar-refractivity contribution < 1.29 is 4.74 Å². The van der Waals surface area contributed by atoms with Crippen LogP contribution < -0.4 is 10.5 Å². The van der Waals surface area contributed by atoms with Crippen molar-refractivity contribution in [1.29, 1.82) is 0 Å². The predicted molar refractivity (Wildman–Crippen MR) is 77.2 cm³/mol. The molecule has 4 fully saturated rings. The van der Waals surface area contributed by atoms with Gasteiger partial charge in [-0.15, -0.1) is 0 Å². The Morgan fingerprint density at radius 2 is 1.80 bits per heavy atom. The second kappa shape index (κ2) is 4.48. The van der Waals surface area contributed by atoms with E-state index in [9.17, 15) is 0 Å². The molecule has 5 rings (SSSR count). The smallest absolute Gasteiger partial charge is 0.161 e. The summed E-state index contributed by atoms with van der Waals surface area (Å²) in [6.07, 6.45) is 8.92. The van der Waals surface area contributed by atoms with Crippen molar-refractivity contribution in [2.75, 3.05) is 7.11 Å². The fourth-order valence-corrected chi connectivity index (χ4v) is 5.70. The third kappa shape index (κ3) is 1.73. The minimum atomic E-state index is 0.0763. The Balaban J connectivity index is 1.65. The van der Waals surface area contributed by atoms with E-state index in [0.29, 0.717) is 5.92 Å². The highest BCUT2D eigenvalue weighted by Gasteiger charge is 2.50. The lowest BCUT2D eigenvalue weighted by Crippen LogP contribution is -2.49. The van der Waals surface area contributed by atoms with Crippen LogP contribution in [-0.4, -0.2) is 16.9 Å². The van der Waals surface area contributed by atoms with Gasteiger partial charge >= 0.3 is 0 Å². The summed E-state index contributed by atoms with van der Waals surface area (Å²) in [4.78, 5) is 0. The van der Waals surface area contributed by atoms with E-state index in [2.05, 4.69) is 5.10 Å². The van der Waals surface area contributed by atoms with Crippen molar-refractivity contribution in [2.45, 2.75) is 38.1 Å². The van der Waals surface area contributed by atoms with E-state index in [-0.39, 0.29) is 6.04 Å². The van der Waals surface area contributed by atoms with Crippen molar-refractivity contribution in [2.24, 2.45) is 42.4 Å². The highest BCUT2D eigenvalue weighted by Crippen LogP contribution is 2.59. The van der Waals surface area contributed by atoms with Crippen molar-refractivity contribution in [1.82, 2.24) is 9.78 Å². The number of aromatic nitrogens is 2. The van der Waals surface area contributed by atoms with Gasteiger partial charge in [-0.2, -0.15) is 5.10 Å². The van der Waals surface area contributed by atoms with Crippen molar-refractivity contribution in [3.63, 3.8) is 0 Å². The van der Waals surface area contributed by atoms with Crippen LogP contribution >= 0.6 is 0 Å². The van der Waals surface area contributed by atoms with E-state index < -0.39 is 0 Å². The molecule has 1 atom stereocenters. The van der Waals surface area contributed by atoms with Gasteiger partial charge in [0, 0.05) is 7.05 Å². The van der Waals surface area contributed by atoms with Crippen LogP contribution in [0, 0.1) is 29.6 Å². The number of nitrogens with two attached hydrogens (primary N) is 1. The largest absolute Gasteiger partial charge is 0.493 e. The first-order chi connectivity index (χ1) is 9.67. The summed E-state index contributed by atoms with van der Waals surface area (Å²) >= 11 is 0. The Morgan fingerprint density at radius 1 is 1.20 bits per heavy atom. The number of aryl methyl sites for hydroxylation is 1. The summed E-state index contributed by atoms with van der Waals surface area (Å²) in [6, 6.07) is 0.0763. The number of methoxy groups -OCH3 is 1. The van der Waals surface area contributed by atoms with Crippen LogP contribution in [0.15, 0.2) is 6.20 Å². The number of ether oxygens (including phenoxy) is 1. The molecule has 1 aromatic rings. The van der Waals surface area contributed by atoms with Gasteiger partial charge in [0.2, 0.25) is 0 Å². The lowest BCUT2D eigenvalue weighted by Gasteiger charge is -2.56. The molecular weight excluding hydrogens is 250 g/mol. The maximum atomic E-state index is 6.70. The van der Waals surface area contributed by atoms with Crippen LogP contribution in [0.4, 0.5) is 0 Å². The molecule has 4 saturated carbocycles. The van der Waals surface area contributed by atoms with Gasteiger partial charge in [-0.25, -0.2) is 0 Å². The molecule has 0 saturated heterocycles. The number of nitrogens with zero attached hydrogens (tertiary/aromatic N) is 2. The molecule has 20 heavy (non-hydrogen) atoms. The van der Waals surface area contributed by atoms with Crippen molar-refractivity contribution >= 4 is 0 Å². The van der Waals surface area contributed by atoms with Gasteiger partial charge in [0.25, 0.3) is 0 Å².